The second-order valence-corrected chi connectivity index (χ2v) is 16.9. The number of fused-ring (bicyclic) bond motifs is 10. The molecule has 4 fully saturated rings. The highest BCUT2D eigenvalue weighted by Crippen LogP contribution is 2.77. The Morgan fingerprint density at radius 2 is 1.71 bits per heavy atom. The zero-order valence-corrected chi connectivity index (χ0v) is 26.8. The number of aliphatic carboxylic acids is 1. The summed E-state index contributed by atoms with van der Waals surface area (Å²) in [5.41, 5.74) is 4.42. The van der Waals surface area contributed by atoms with Crippen LogP contribution in [-0.2, 0) is 16.6 Å². The van der Waals surface area contributed by atoms with Crippen molar-refractivity contribution in [2.24, 2.45) is 57.2 Å². The molecule has 9 atom stereocenters. The van der Waals surface area contributed by atoms with Gasteiger partial charge in [-0.15, -0.1) is 0 Å². The van der Waals surface area contributed by atoms with E-state index in [2.05, 4.69) is 71.6 Å². The number of carboxylic acid groups (broad SMARTS) is 1. The number of aromatic nitrogens is 1. The van der Waals surface area contributed by atoms with Gasteiger partial charge in [0.05, 0.1) is 12.5 Å². The molecule has 2 N–H and O–H groups in total. The Bertz CT molecular complexity index is 1400. The lowest BCUT2D eigenvalue weighted by Gasteiger charge is -2.72. The second-order valence-electron chi connectivity index (χ2n) is 16.9. The van der Waals surface area contributed by atoms with Crippen molar-refractivity contribution in [1.82, 2.24) is 4.98 Å². The molecular weight excluding hydrogens is 506 g/mol. The molecule has 0 spiro atoms. The van der Waals surface area contributed by atoms with Gasteiger partial charge >= 0.3 is 5.97 Å². The zero-order chi connectivity index (χ0) is 29.3. The monoisotopic (exact) mass is 559 g/mol. The number of carbonyl (C=O) groups is 1. The summed E-state index contributed by atoms with van der Waals surface area (Å²) >= 11 is 0. The number of aromatic amines is 1. The van der Waals surface area contributed by atoms with Crippen LogP contribution in [0.3, 0.4) is 0 Å². The van der Waals surface area contributed by atoms with Gasteiger partial charge in [0.2, 0.25) is 0 Å². The molecular formula is C37H53NO3. The summed E-state index contributed by atoms with van der Waals surface area (Å²) in [4.78, 5) is 16.9. The molecule has 4 saturated carbocycles. The Morgan fingerprint density at radius 3 is 2.39 bits per heavy atom. The van der Waals surface area contributed by atoms with Crippen LogP contribution in [0.25, 0.3) is 10.9 Å². The minimum atomic E-state index is -0.494. The van der Waals surface area contributed by atoms with Crippen LogP contribution in [0.5, 0.6) is 5.75 Å². The first-order chi connectivity index (χ1) is 19.2. The predicted molar refractivity (Wildman–Crippen MR) is 165 cm³/mol. The Hall–Kier alpha value is -1.97. The van der Waals surface area contributed by atoms with Crippen LogP contribution in [0, 0.1) is 57.2 Å². The first kappa shape index (κ1) is 27.8. The summed E-state index contributed by atoms with van der Waals surface area (Å²) in [5.74, 6) is 3.67. The number of hydrogen-bond donors (Lipinski definition) is 2. The Labute approximate surface area is 247 Å². The van der Waals surface area contributed by atoms with E-state index in [0.717, 1.165) is 37.9 Å². The fourth-order valence-corrected chi connectivity index (χ4v) is 13.2. The van der Waals surface area contributed by atoms with E-state index >= 15 is 0 Å². The maximum atomic E-state index is 13.0. The summed E-state index contributed by atoms with van der Waals surface area (Å²) in [6.45, 7) is 17.7. The van der Waals surface area contributed by atoms with Crippen LogP contribution in [0.2, 0.25) is 0 Å². The van der Waals surface area contributed by atoms with E-state index in [9.17, 15) is 9.90 Å². The quantitative estimate of drug-likeness (QED) is 0.394. The smallest absolute Gasteiger partial charge is 0.309 e. The maximum absolute atomic E-state index is 13.0. The molecule has 1 heterocycles. The molecule has 0 amide bonds. The van der Waals surface area contributed by atoms with Crippen LogP contribution < -0.4 is 4.74 Å². The molecule has 224 valence electrons. The number of hydrogen-bond acceptors (Lipinski definition) is 2. The number of rotatable bonds is 3. The van der Waals surface area contributed by atoms with Crippen molar-refractivity contribution in [3.8, 4) is 5.75 Å². The van der Waals surface area contributed by atoms with Gasteiger partial charge in [0.25, 0.3) is 0 Å². The summed E-state index contributed by atoms with van der Waals surface area (Å²) in [6.07, 6.45) is 10.1. The number of carboxylic acids is 1. The summed E-state index contributed by atoms with van der Waals surface area (Å²) in [5, 5.41) is 12.0. The molecule has 0 bridgehead atoms. The molecule has 0 radical (unpaired) electrons. The van der Waals surface area contributed by atoms with Crippen molar-refractivity contribution in [2.45, 2.75) is 112 Å². The Morgan fingerprint density at radius 1 is 0.951 bits per heavy atom. The first-order valence-corrected chi connectivity index (χ1v) is 16.7. The number of H-pyrrole nitrogens is 1. The largest absolute Gasteiger partial charge is 0.497 e. The average molecular weight is 560 g/mol. The summed E-state index contributed by atoms with van der Waals surface area (Å²) < 4.78 is 5.67. The van der Waals surface area contributed by atoms with Crippen LogP contribution >= 0.6 is 0 Å². The molecule has 1 aromatic heterocycles. The zero-order valence-electron chi connectivity index (χ0n) is 26.8. The fraction of sp³-hybridized carbons (Fsp3) is 0.757. The predicted octanol–water partition coefficient (Wildman–Crippen LogP) is 9.01. The topological polar surface area (TPSA) is 62.3 Å². The summed E-state index contributed by atoms with van der Waals surface area (Å²) in [7, 11) is 1.77. The lowest BCUT2D eigenvalue weighted by atomic mass is 9.32. The van der Waals surface area contributed by atoms with Crippen molar-refractivity contribution >= 4 is 16.9 Å². The third-order valence-electron chi connectivity index (χ3n) is 15.2. The van der Waals surface area contributed by atoms with Gasteiger partial charge < -0.3 is 14.8 Å². The summed E-state index contributed by atoms with van der Waals surface area (Å²) in [6, 6.07) is 6.54. The molecule has 5 aliphatic rings. The van der Waals surface area contributed by atoms with Gasteiger partial charge in [0.1, 0.15) is 5.75 Å². The molecule has 0 saturated heterocycles. The normalized spacial score (nSPS) is 44.5. The first-order valence-electron chi connectivity index (χ1n) is 16.7. The van der Waals surface area contributed by atoms with Gasteiger partial charge in [0, 0.05) is 22.0 Å². The molecule has 5 aliphatic carbocycles. The minimum Gasteiger partial charge on any atom is -0.497 e. The second kappa shape index (κ2) is 8.56. The highest BCUT2D eigenvalue weighted by Gasteiger charge is 2.72. The van der Waals surface area contributed by atoms with E-state index in [1.54, 1.807) is 7.11 Å². The Kier molecular flexibility index (Phi) is 5.82. The van der Waals surface area contributed by atoms with Crippen molar-refractivity contribution in [1.29, 1.82) is 0 Å². The average Bonchev–Trinajstić information content (AvgIpc) is 3.49. The molecule has 2 aromatic rings. The third-order valence-corrected chi connectivity index (χ3v) is 15.2. The van der Waals surface area contributed by atoms with Crippen molar-refractivity contribution in [2.75, 3.05) is 7.11 Å². The lowest BCUT2D eigenvalue weighted by molar-refractivity contribution is -0.230. The third kappa shape index (κ3) is 3.26. The molecule has 4 unspecified atom stereocenters. The molecule has 0 aliphatic heterocycles. The van der Waals surface area contributed by atoms with Crippen LogP contribution in [0.15, 0.2) is 18.2 Å². The van der Waals surface area contributed by atoms with Crippen molar-refractivity contribution in [3.05, 3.63) is 29.5 Å². The maximum Gasteiger partial charge on any atom is 0.309 e. The van der Waals surface area contributed by atoms with Gasteiger partial charge in [-0.3, -0.25) is 4.79 Å². The number of nitrogens with one attached hydrogen (secondary N) is 1. The van der Waals surface area contributed by atoms with Gasteiger partial charge in [-0.2, -0.15) is 0 Å². The highest BCUT2D eigenvalue weighted by molar-refractivity contribution is 5.87. The van der Waals surface area contributed by atoms with Gasteiger partial charge in [0.15, 0.2) is 0 Å². The van der Waals surface area contributed by atoms with E-state index in [1.165, 1.54) is 47.8 Å². The Balaban J connectivity index is 1.33. The molecule has 4 nitrogen and oxygen atoms in total. The van der Waals surface area contributed by atoms with Crippen LogP contribution in [0.4, 0.5) is 0 Å². The van der Waals surface area contributed by atoms with Crippen molar-refractivity contribution < 1.29 is 14.6 Å². The molecule has 7 rings (SSSR count). The number of benzene rings is 1. The molecule has 41 heavy (non-hydrogen) atoms. The van der Waals surface area contributed by atoms with Gasteiger partial charge in [-0.05, 0) is 133 Å². The van der Waals surface area contributed by atoms with E-state index in [0.29, 0.717) is 35.5 Å². The lowest BCUT2D eigenvalue weighted by Crippen LogP contribution is -2.67. The molecule has 4 heteroatoms. The van der Waals surface area contributed by atoms with E-state index in [4.69, 9.17) is 4.74 Å². The SMILES string of the molecule is COc1ccc2[nH]c3c(c2c1)C[C@@]1(C)C(CC[C@]2(C)C1CCC1C4[C@H](C(C)C)CC[C@]4(C(=O)O)CC[C@]12C)C3(C)C. The number of ether oxygens (including phenoxy) is 1. The van der Waals surface area contributed by atoms with Gasteiger partial charge in [-0.25, -0.2) is 0 Å². The minimum absolute atomic E-state index is 0.0763. The van der Waals surface area contributed by atoms with Crippen LogP contribution in [0.1, 0.15) is 111 Å². The van der Waals surface area contributed by atoms with Crippen molar-refractivity contribution in [3.63, 3.8) is 0 Å². The molecule has 1 aromatic carbocycles. The van der Waals surface area contributed by atoms with Crippen LogP contribution in [-0.4, -0.2) is 23.2 Å². The van der Waals surface area contributed by atoms with E-state index < -0.39 is 11.4 Å². The van der Waals surface area contributed by atoms with E-state index in [-0.39, 0.29) is 21.7 Å². The van der Waals surface area contributed by atoms with Gasteiger partial charge in [-0.1, -0.05) is 48.5 Å². The van der Waals surface area contributed by atoms with E-state index in [1.807, 2.05) is 0 Å². The highest BCUT2D eigenvalue weighted by atomic mass is 16.5. The fourth-order valence-electron chi connectivity index (χ4n) is 13.2. The standard InChI is InChI=1S/C37H53NO3/c1-21(2)23-13-16-37(32(39)40)18-17-35(6)26(30(23)37)10-12-29-34(5)20-25-24-19-22(41-8)9-11-27(24)38-31(25)33(3,4)28(34)14-15-36(29,35)7/h9,11,19,21,23,26,28-30,38H,10,12-18,20H2,1-8H3,(H,39,40)/t23-,26?,28?,29?,30?,34-,35+,36+,37-/m0/s1. The number of methoxy groups -OCH3 is 1.